The number of esters is 1. The van der Waals surface area contributed by atoms with Crippen LogP contribution in [0.15, 0.2) is 0 Å². The molecular weight excluding hydrogens is 257 g/mol. The Morgan fingerprint density at radius 1 is 1.05 bits per heavy atom. The zero-order valence-electron chi connectivity index (χ0n) is 10.8. The lowest BCUT2D eigenvalue weighted by atomic mass is 9.50. The van der Waals surface area contributed by atoms with E-state index in [1.165, 1.54) is 19.3 Å². The Morgan fingerprint density at radius 2 is 1.53 bits per heavy atom. The summed E-state index contributed by atoms with van der Waals surface area (Å²) in [4.78, 5) is 11.2. The first-order valence-electron chi connectivity index (χ1n) is 7.06. The number of alkyl halides is 3. The highest BCUT2D eigenvalue weighted by atomic mass is 19.4. The fourth-order valence-corrected chi connectivity index (χ4v) is 4.92. The standard InChI is InChI=1S/C14H19F3O2/c15-14(16,17)7-12(18)19-8-13-4-9-1-10(5-13)3-11(2-9)6-13/h9-11H,1-8H2. The molecule has 0 spiro atoms. The van der Waals surface area contributed by atoms with Crippen LogP contribution >= 0.6 is 0 Å². The molecule has 4 saturated carbocycles. The molecule has 4 aliphatic rings. The van der Waals surface area contributed by atoms with Crippen molar-refractivity contribution in [2.75, 3.05) is 6.61 Å². The Hall–Kier alpha value is -0.740. The van der Waals surface area contributed by atoms with Crippen molar-refractivity contribution in [2.24, 2.45) is 23.2 Å². The Bertz CT molecular complexity index is 340. The quantitative estimate of drug-likeness (QED) is 0.735. The maximum atomic E-state index is 12.1. The minimum atomic E-state index is -4.46. The summed E-state index contributed by atoms with van der Waals surface area (Å²) in [6, 6.07) is 0. The monoisotopic (exact) mass is 276 g/mol. The van der Waals surface area contributed by atoms with Gasteiger partial charge < -0.3 is 4.74 Å². The van der Waals surface area contributed by atoms with E-state index in [1.54, 1.807) is 0 Å². The minimum Gasteiger partial charge on any atom is -0.465 e. The van der Waals surface area contributed by atoms with Crippen molar-refractivity contribution in [1.82, 2.24) is 0 Å². The van der Waals surface area contributed by atoms with E-state index in [-0.39, 0.29) is 12.0 Å². The van der Waals surface area contributed by atoms with E-state index in [0.29, 0.717) is 17.8 Å². The van der Waals surface area contributed by atoms with Gasteiger partial charge in [0.25, 0.3) is 0 Å². The third kappa shape index (κ3) is 2.90. The molecule has 0 aliphatic heterocycles. The molecular formula is C14H19F3O2. The van der Waals surface area contributed by atoms with Gasteiger partial charge in [0.15, 0.2) is 0 Å². The summed E-state index contributed by atoms with van der Waals surface area (Å²) in [6.07, 6.45) is 1.02. The Labute approximate surface area is 110 Å². The molecule has 0 aromatic heterocycles. The first kappa shape index (κ1) is 13.3. The van der Waals surface area contributed by atoms with E-state index in [0.717, 1.165) is 19.3 Å². The van der Waals surface area contributed by atoms with Gasteiger partial charge in [0.05, 0.1) is 6.61 Å². The first-order chi connectivity index (χ1) is 8.84. The van der Waals surface area contributed by atoms with Crippen LogP contribution in [0.25, 0.3) is 0 Å². The van der Waals surface area contributed by atoms with Crippen molar-refractivity contribution < 1.29 is 22.7 Å². The normalized spacial score (nSPS) is 40.5. The number of hydrogen-bond acceptors (Lipinski definition) is 2. The average molecular weight is 276 g/mol. The molecule has 0 N–H and O–H groups in total. The van der Waals surface area contributed by atoms with Gasteiger partial charge in [-0.3, -0.25) is 4.79 Å². The van der Waals surface area contributed by atoms with E-state index in [9.17, 15) is 18.0 Å². The second-order valence-electron chi connectivity index (χ2n) is 6.87. The van der Waals surface area contributed by atoms with Gasteiger partial charge in [0.1, 0.15) is 6.42 Å². The molecule has 0 heterocycles. The van der Waals surface area contributed by atoms with Gasteiger partial charge in [-0.2, -0.15) is 13.2 Å². The summed E-state index contributed by atoms with van der Waals surface area (Å²) >= 11 is 0. The van der Waals surface area contributed by atoms with Gasteiger partial charge in [-0.1, -0.05) is 0 Å². The van der Waals surface area contributed by atoms with E-state index in [2.05, 4.69) is 0 Å². The molecule has 4 bridgehead atoms. The molecule has 0 saturated heterocycles. The molecule has 0 atom stereocenters. The van der Waals surface area contributed by atoms with E-state index in [1.807, 2.05) is 0 Å². The molecule has 19 heavy (non-hydrogen) atoms. The zero-order valence-corrected chi connectivity index (χ0v) is 10.8. The van der Waals surface area contributed by atoms with E-state index in [4.69, 9.17) is 4.74 Å². The van der Waals surface area contributed by atoms with Crippen LogP contribution in [0.1, 0.15) is 44.9 Å². The molecule has 0 radical (unpaired) electrons. The predicted molar refractivity (Wildman–Crippen MR) is 62.2 cm³/mol. The fourth-order valence-electron chi connectivity index (χ4n) is 4.92. The van der Waals surface area contributed by atoms with Gasteiger partial charge in [-0.15, -0.1) is 0 Å². The highest BCUT2D eigenvalue weighted by molar-refractivity contribution is 5.70. The van der Waals surface area contributed by atoms with Crippen LogP contribution in [0, 0.1) is 23.2 Å². The molecule has 4 fully saturated rings. The van der Waals surface area contributed by atoms with E-state index < -0.39 is 18.6 Å². The molecule has 4 aliphatic carbocycles. The Kier molecular flexibility index (Phi) is 3.06. The summed E-state index contributed by atoms with van der Waals surface area (Å²) in [5.41, 5.74) is -0.00396. The molecule has 0 amide bonds. The second kappa shape index (κ2) is 4.38. The third-order valence-corrected chi connectivity index (χ3v) is 5.05. The van der Waals surface area contributed by atoms with Crippen LogP contribution in [0.3, 0.4) is 0 Å². The van der Waals surface area contributed by atoms with Gasteiger partial charge in [-0.05, 0) is 56.3 Å². The second-order valence-corrected chi connectivity index (χ2v) is 6.87. The van der Waals surface area contributed by atoms with Crippen LogP contribution in [0.2, 0.25) is 0 Å². The molecule has 0 aromatic carbocycles. The Morgan fingerprint density at radius 3 is 1.95 bits per heavy atom. The molecule has 0 unspecified atom stereocenters. The maximum Gasteiger partial charge on any atom is 0.399 e. The molecule has 5 heteroatoms. The van der Waals surface area contributed by atoms with Crippen LogP contribution in [-0.4, -0.2) is 18.8 Å². The van der Waals surface area contributed by atoms with Crippen molar-refractivity contribution in [1.29, 1.82) is 0 Å². The molecule has 4 rings (SSSR count). The lowest BCUT2D eigenvalue weighted by Crippen LogP contribution is -2.48. The molecule has 2 nitrogen and oxygen atoms in total. The summed E-state index contributed by atoms with van der Waals surface area (Å²) < 4.78 is 41.2. The molecule has 0 aromatic rings. The van der Waals surface area contributed by atoms with Gasteiger partial charge >= 0.3 is 12.1 Å². The van der Waals surface area contributed by atoms with Crippen molar-refractivity contribution in [2.45, 2.75) is 51.1 Å². The van der Waals surface area contributed by atoms with Crippen LogP contribution in [0.5, 0.6) is 0 Å². The summed E-state index contributed by atoms with van der Waals surface area (Å²) in [6.45, 7) is 0.200. The number of hydrogen-bond donors (Lipinski definition) is 0. The van der Waals surface area contributed by atoms with Gasteiger partial charge in [0.2, 0.25) is 0 Å². The number of carbonyl (C=O) groups is 1. The SMILES string of the molecule is O=C(CC(F)(F)F)OCC12CC3CC(CC(C3)C1)C2. The summed E-state index contributed by atoms with van der Waals surface area (Å²) in [7, 11) is 0. The fraction of sp³-hybridized carbons (Fsp3) is 0.929. The number of rotatable bonds is 3. The highest BCUT2D eigenvalue weighted by Gasteiger charge is 2.51. The van der Waals surface area contributed by atoms with Crippen molar-refractivity contribution >= 4 is 5.97 Å². The van der Waals surface area contributed by atoms with Gasteiger partial charge in [0, 0.05) is 5.41 Å². The first-order valence-corrected chi connectivity index (χ1v) is 7.06. The van der Waals surface area contributed by atoms with Crippen LogP contribution < -0.4 is 0 Å². The van der Waals surface area contributed by atoms with Crippen LogP contribution in [0.4, 0.5) is 13.2 Å². The predicted octanol–water partition coefficient (Wildman–Crippen LogP) is 3.70. The van der Waals surface area contributed by atoms with Gasteiger partial charge in [-0.25, -0.2) is 0 Å². The summed E-state index contributed by atoms with van der Waals surface area (Å²) in [5.74, 6) is 1.02. The van der Waals surface area contributed by atoms with Crippen molar-refractivity contribution in [3.05, 3.63) is 0 Å². The Balaban J connectivity index is 1.57. The minimum absolute atomic E-state index is 0.00396. The number of carbonyl (C=O) groups excluding carboxylic acids is 1. The smallest absolute Gasteiger partial charge is 0.399 e. The average Bonchev–Trinajstić information content (AvgIpc) is 2.22. The van der Waals surface area contributed by atoms with E-state index >= 15 is 0 Å². The lowest BCUT2D eigenvalue weighted by Gasteiger charge is -2.56. The lowest BCUT2D eigenvalue weighted by molar-refractivity contribution is -0.178. The topological polar surface area (TPSA) is 26.3 Å². The van der Waals surface area contributed by atoms with Crippen LogP contribution in [-0.2, 0) is 9.53 Å². The zero-order chi connectivity index (χ0) is 13.7. The number of halogens is 3. The third-order valence-electron chi connectivity index (χ3n) is 5.05. The summed E-state index contributed by atoms with van der Waals surface area (Å²) in [5, 5.41) is 0. The number of ether oxygens (including phenoxy) is 1. The van der Waals surface area contributed by atoms with Crippen molar-refractivity contribution in [3.8, 4) is 0 Å². The highest BCUT2D eigenvalue weighted by Crippen LogP contribution is 2.60. The molecule has 108 valence electrons. The van der Waals surface area contributed by atoms with Crippen molar-refractivity contribution in [3.63, 3.8) is 0 Å². The maximum absolute atomic E-state index is 12.1. The largest absolute Gasteiger partial charge is 0.465 e.